The van der Waals surface area contributed by atoms with E-state index in [-0.39, 0.29) is 18.3 Å². The van der Waals surface area contributed by atoms with Crippen LogP contribution >= 0.6 is 34.2 Å². The number of aryl methyl sites for hydroxylation is 1. The van der Waals surface area contributed by atoms with Gasteiger partial charge in [0.05, 0.1) is 6.54 Å². The van der Waals surface area contributed by atoms with E-state index in [0.29, 0.717) is 10.7 Å². The van der Waals surface area contributed by atoms with E-state index in [1.807, 2.05) is 35.6 Å². The average Bonchev–Trinajstić information content (AvgIpc) is 2.42. The predicted octanol–water partition coefficient (Wildman–Crippen LogP) is 4.44. The number of hydrogen-bond acceptors (Lipinski definition) is 2. The Morgan fingerprint density at radius 3 is 2.71 bits per heavy atom. The van der Waals surface area contributed by atoms with Gasteiger partial charge in [0.2, 0.25) is 5.91 Å². The fourth-order valence-corrected chi connectivity index (χ4v) is 2.57. The molecule has 0 fully saturated rings. The van der Waals surface area contributed by atoms with E-state index < -0.39 is 0 Å². The Labute approximate surface area is 141 Å². The summed E-state index contributed by atoms with van der Waals surface area (Å²) in [7, 11) is 0. The van der Waals surface area contributed by atoms with Crippen LogP contribution in [0, 0.1) is 16.3 Å². The van der Waals surface area contributed by atoms with Gasteiger partial charge < -0.3 is 10.6 Å². The van der Waals surface area contributed by atoms with Crippen LogP contribution in [0.5, 0.6) is 0 Å². The van der Waals surface area contributed by atoms with Gasteiger partial charge in [-0.15, -0.1) is 0 Å². The van der Waals surface area contributed by atoms with E-state index in [1.54, 1.807) is 18.2 Å². The van der Waals surface area contributed by atoms with Crippen LogP contribution in [0.4, 0.5) is 15.8 Å². The largest absolute Gasteiger partial charge is 0.375 e. The van der Waals surface area contributed by atoms with Gasteiger partial charge in [0.1, 0.15) is 5.82 Å². The lowest BCUT2D eigenvalue weighted by molar-refractivity contribution is -0.114. The molecule has 0 bridgehead atoms. The first-order valence-electron chi connectivity index (χ1n) is 6.20. The van der Waals surface area contributed by atoms with E-state index in [0.717, 1.165) is 14.8 Å². The molecule has 0 atom stereocenters. The van der Waals surface area contributed by atoms with Gasteiger partial charge in [0.15, 0.2) is 0 Å². The van der Waals surface area contributed by atoms with Crippen molar-refractivity contribution in [1.29, 1.82) is 0 Å². The van der Waals surface area contributed by atoms with E-state index in [9.17, 15) is 9.18 Å². The third-order valence-corrected chi connectivity index (χ3v) is 3.97. The van der Waals surface area contributed by atoms with Crippen LogP contribution < -0.4 is 10.6 Å². The first kappa shape index (κ1) is 16.0. The zero-order chi connectivity index (χ0) is 15.4. The second-order valence-corrected chi connectivity index (χ2v) is 6.08. The number of amides is 1. The molecule has 0 spiro atoms. The number of nitrogens with one attached hydrogen (secondary N) is 2. The van der Waals surface area contributed by atoms with Crippen molar-refractivity contribution in [2.24, 2.45) is 0 Å². The molecule has 3 nitrogen and oxygen atoms in total. The Morgan fingerprint density at radius 1 is 1.24 bits per heavy atom. The molecule has 0 saturated heterocycles. The van der Waals surface area contributed by atoms with Crippen LogP contribution in [0.1, 0.15) is 5.56 Å². The normalized spacial score (nSPS) is 10.3. The van der Waals surface area contributed by atoms with Crippen LogP contribution in [0.2, 0.25) is 5.02 Å². The zero-order valence-electron chi connectivity index (χ0n) is 11.2. The van der Waals surface area contributed by atoms with Crippen LogP contribution in [-0.2, 0) is 4.79 Å². The molecule has 2 aromatic rings. The summed E-state index contributed by atoms with van der Waals surface area (Å²) in [6.07, 6.45) is 0. The van der Waals surface area contributed by atoms with Crippen LogP contribution in [0.25, 0.3) is 0 Å². The topological polar surface area (TPSA) is 41.1 Å². The van der Waals surface area contributed by atoms with Gasteiger partial charge in [-0.3, -0.25) is 4.79 Å². The fraction of sp³-hybridized carbons (Fsp3) is 0.133. The quantitative estimate of drug-likeness (QED) is 0.721. The van der Waals surface area contributed by atoms with Crippen molar-refractivity contribution in [2.75, 3.05) is 17.2 Å². The standard InChI is InChI=1S/C15H13ClFIN2O/c1-9-2-3-10(16)6-14(9)20-15(21)8-19-13-5-4-11(17)7-12(13)18/h2-7,19H,8H2,1H3,(H,20,21). The molecule has 0 heterocycles. The van der Waals surface area contributed by atoms with Crippen molar-refractivity contribution in [3.05, 3.63) is 56.4 Å². The van der Waals surface area contributed by atoms with Crippen molar-refractivity contribution < 1.29 is 9.18 Å². The molecule has 0 aromatic heterocycles. The maximum atomic E-state index is 13.0. The van der Waals surface area contributed by atoms with E-state index in [1.165, 1.54) is 12.1 Å². The number of halogens is 3. The lowest BCUT2D eigenvalue weighted by Crippen LogP contribution is -2.22. The molecule has 0 aliphatic rings. The first-order chi connectivity index (χ1) is 9.95. The first-order valence-corrected chi connectivity index (χ1v) is 7.66. The molecule has 2 N–H and O–H groups in total. The Bertz CT molecular complexity index is 679. The second-order valence-electron chi connectivity index (χ2n) is 4.49. The van der Waals surface area contributed by atoms with Gasteiger partial charge in [-0.2, -0.15) is 0 Å². The molecule has 0 aliphatic heterocycles. The minimum Gasteiger partial charge on any atom is -0.375 e. The summed E-state index contributed by atoms with van der Waals surface area (Å²) in [5.41, 5.74) is 2.34. The molecule has 21 heavy (non-hydrogen) atoms. The van der Waals surface area contributed by atoms with Gasteiger partial charge in [-0.25, -0.2) is 4.39 Å². The Balaban J connectivity index is 1.97. The highest BCUT2D eigenvalue weighted by Gasteiger charge is 2.07. The summed E-state index contributed by atoms with van der Waals surface area (Å²) in [4.78, 5) is 11.9. The summed E-state index contributed by atoms with van der Waals surface area (Å²) in [5, 5.41) is 6.33. The number of carbonyl (C=O) groups is 1. The molecular weight excluding hydrogens is 406 g/mol. The highest BCUT2D eigenvalue weighted by Crippen LogP contribution is 2.21. The molecule has 1 amide bonds. The van der Waals surface area contributed by atoms with Crippen molar-refractivity contribution in [3.63, 3.8) is 0 Å². The molecule has 2 rings (SSSR count). The summed E-state index contributed by atoms with van der Waals surface area (Å²) in [6, 6.07) is 9.68. The Kier molecular flexibility index (Phi) is 5.41. The third-order valence-electron chi connectivity index (χ3n) is 2.84. The van der Waals surface area contributed by atoms with Crippen LogP contribution in [-0.4, -0.2) is 12.5 Å². The molecule has 0 unspecified atom stereocenters. The lowest BCUT2D eigenvalue weighted by Gasteiger charge is -2.11. The van der Waals surface area contributed by atoms with Crippen LogP contribution in [0.15, 0.2) is 36.4 Å². The maximum Gasteiger partial charge on any atom is 0.243 e. The number of benzene rings is 2. The molecule has 2 aromatic carbocycles. The average molecular weight is 419 g/mol. The van der Waals surface area contributed by atoms with Gasteiger partial charge in [-0.1, -0.05) is 17.7 Å². The smallest absolute Gasteiger partial charge is 0.243 e. The van der Waals surface area contributed by atoms with Gasteiger partial charge >= 0.3 is 0 Å². The second kappa shape index (κ2) is 7.09. The van der Waals surface area contributed by atoms with Crippen molar-refractivity contribution in [2.45, 2.75) is 6.92 Å². The Morgan fingerprint density at radius 2 is 2.00 bits per heavy atom. The van der Waals surface area contributed by atoms with E-state index >= 15 is 0 Å². The highest BCUT2D eigenvalue weighted by atomic mass is 127. The molecule has 110 valence electrons. The fourth-order valence-electron chi connectivity index (χ4n) is 1.73. The van der Waals surface area contributed by atoms with Crippen molar-refractivity contribution in [1.82, 2.24) is 0 Å². The Hall–Kier alpha value is -1.34. The molecular formula is C15H13ClFIN2O. The minimum atomic E-state index is -0.302. The van der Waals surface area contributed by atoms with Crippen LogP contribution in [0.3, 0.4) is 0 Å². The molecule has 6 heteroatoms. The van der Waals surface area contributed by atoms with E-state index in [4.69, 9.17) is 11.6 Å². The monoisotopic (exact) mass is 418 g/mol. The summed E-state index contributed by atoms with van der Waals surface area (Å²) in [5.74, 6) is -0.496. The van der Waals surface area contributed by atoms with E-state index in [2.05, 4.69) is 10.6 Å². The lowest BCUT2D eigenvalue weighted by atomic mass is 10.2. The minimum absolute atomic E-state index is 0.0909. The SMILES string of the molecule is Cc1ccc(Cl)cc1NC(=O)CNc1ccc(F)cc1I. The molecule has 0 saturated carbocycles. The summed E-state index contributed by atoms with van der Waals surface area (Å²) >= 11 is 7.92. The van der Waals surface area contributed by atoms with Gasteiger partial charge in [0, 0.05) is 20.0 Å². The van der Waals surface area contributed by atoms with Gasteiger partial charge in [-0.05, 0) is 65.4 Å². The van der Waals surface area contributed by atoms with Gasteiger partial charge in [0.25, 0.3) is 0 Å². The van der Waals surface area contributed by atoms with Crippen molar-refractivity contribution in [3.8, 4) is 0 Å². The highest BCUT2D eigenvalue weighted by molar-refractivity contribution is 14.1. The zero-order valence-corrected chi connectivity index (χ0v) is 14.1. The molecule has 0 radical (unpaired) electrons. The van der Waals surface area contributed by atoms with Crippen molar-refractivity contribution >= 4 is 51.5 Å². The summed E-state index contributed by atoms with van der Waals surface area (Å²) in [6.45, 7) is 1.98. The molecule has 0 aliphatic carbocycles. The number of carbonyl (C=O) groups excluding carboxylic acids is 1. The summed E-state index contributed by atoms with van der Waals surface area (Å²) < 4.78 is 13.7. The number of rotatable bonds is 4. The predicted molar refractivity (Wildman–Crippen MR) is 92.4 cm³/mol. The third kappa shape index (κ3) is 4.57. The number of anilines is 2. The number of hydrogen-bond donors (Lipinski definition) is 2. The maximum absolute atomic E-state index is 13.0.